The first-order valence-corrected chi connectivity index (χ1v) is 5.03. The number of halogens is 3. The van der Waals surface area contributed by atoms with Gasteiger partial charge in [0.1, 0.15) is 17.2 Å². The van der Waals surface area contributed by atoms with Crippen molar-refractivity contribution in [1.82, 2.24) is 0 Å². The van der Waals surface area contributed by atoms with Crippen LogP contribution in [0.15, 0.2) is 28.7 Å². The summed E-state index contributed by atoms with van der Waals surface area (Å²) in [5.41, 5.74) is -1.18. The van der Waals surface area contributed by atoms with Crippen LogP contribution in [-0.4, -0.2) is 0 Å². The minimum Gasteiger partial charge on any atom is -0.453 e. The van der Waals surface area contributed by atoms with Gasteiger partial charge in [0.25, 0.3) is 0 Å². The quantitative estimate of drug-likeness (QED) is 0.565. The Kier molecular flexibility index (Phi) is 2.08. The number of para-hydroxylation sites is 1. The molecule has 0 spiro atoms. The molecular formula is C13H4F3NO. The van der Waals surface area contributed by atoms with Crippen molar-refractivity contribution in [2.75, 3.05) is 0 Å². The van der Waals surface area contributed by atoms with Gasteiger partial charge in [-0.1, -0.05) is 18.2 Å². The third-order valence-corrected chi connectivity index (χ3v) is 2.76. The van der Waals surface area contributed by atoms with E-state index in [9.17, 15) is 13.2 Å². The molecule has 0 unspecified atom stereocenters. The van der Waals surface area contributed by atoms with E-state index in [2.05, 4.69) is 0 Å². The number of hydrogen-bond donors (Lipinski definition) is 0. The van der Waals surface area contributed by atoms with E-state index in [-0.39, 0.29) is 16.4 Å². The van der Waals surface area contributed by atoms with E-state index in [0.717, 1.165) is 0 Å². The summed E-state index contributed by atoms with van der Waals surface area (Å²) in [6.45, 7) is 0. The Hall–Kier alpha value is -2.48. The van der Waals surface area contributed by atoms with Gasteiger partial charge in [-0.05, 0) is 6.07 Å². The van der Waals surface area contributed by atoms with Gasteiger partial charge in [0, 0.05) is 5.39 Å². The largest absolute Gasteiger partial charge is 0.453 e. The Morgan fingerprint density at radius 1 is 1.00 bits per heavy atom. The number of benzene rings is 2. The highest BCUT2D eigenvalue weighted by Crippen LogP contribution is 2.35. The van der Waals surface area contributed by atoms with Gasteiger partial charge in [-0.15, -0.1) is 0 Å². The number of nitriles is 1. The fourth-order valence-corrected chi connectivity index (χ4v) is 1.95. The highest BCUT2D eigenvalue weighted by Gasteiger charge is 2.24. The zero-order valence-corrected chi connectivity index (χ0v) is 8.80. The standard InChI is InChI=1S/C13H4F3NO/c14-10-7(5-17)11(15)13-9(12(10)16)6-3-1-2-4-8(6)18-13/h1-4H. The molecule has 0 amide bonds. The van der Waals surface area contributed by atoms with E-state index in [1.807, 2.05) is 0 Å². The minimum atomic E-state index is -1.49. The topological polar surface area (TPSA) is 36.9 Å². The van der Waals surface area contributed by atoms with Gasteiger partial charge in [0.15, 0.2) is 23.0 Å². The first-order chi connectivity index (χ1) is 8.65. The van der Waals surface area contributed by atoms with E-state index in [1.165, 1.54) is 18.2 Å². The van der Waals surface area contributed by atoms with Gasteiger partial charge in [-0.3, -0.25) is 0 Å². The van der Waals surface area contributed by atoms with Crippen LogP contribution in [0.2, 0.25) is 0 Å². The average Bonchev–Trinajstić information content (AvgIpc) is 2.76. The molecular weight excluding hydrogens is 243 g/mol. The van der Waals surface area contributed by atoms with E-state index < -0.39 is 28.6 Å². The second-order valence-corrected chi connectivity index (χ2v) is 3.73. The Bertz CT molecular complexity index is 830. The minimum absolute atomic E-state index is 0.236. The Balaban J connectivity index is 2.66. The second-order valence-electron chi connectivity index (χ2n) is 3.73. The lowest BCUT2D eigenvalue weighted by Gasteiger charge is -1.99. The molecule has 0 aliphatic rings. The summed E-state index contributed by atoms with van der Waals surface area (Å²) in [5.74, 6) is -3.94. The fourth-order valence-electron chi connectivity index (χ4n) is 1.95. The third kappa shape index (κ3) is 1.17. The summed E-state index contributed by atoms with van der Waals surface area (Å²) in [6.07, 6.45) is 0. The molecule has 0 fully saturated rings. The summed E-state index contributed by atoms with van der Waals surface area (Å²) < 4.78 is 46.3. The van der Waals surface area contributed by atoms with Crippen LogP contribution in [0.25, 0.3) is 21.9 Å². The molecule has 0 aliphatic heterocycles. The summed E-state index contributed by atoms with van der Waals surface area (Å²) in [6, 6.07) is 7.53. The molecule has 0 N–H and O–H groups in total. The molecule has 5 heteroatoms. The van der Waals surface area contributed by atoms with E-state index in [1.54, 1.807) is 12.1 Å². The van der Waals surface area contributed by atoms with Crippen molar-refractivity contribution < 1.29 is 17.6 Å². The zero-order valence-electron chi connectivity index (χ0n) is 8.80. The average molecular weight is 247 g/mol. The SMILES string of the molecule is N#Cc1c(F)c(F)c2c(oc3ccccc32)c1F. The maximum absolute atomic E-state index is 13.8. The number of hydrogen-bond acceptors (Lipinski definition) is 2. The second kappa shape index (κ2) is 3.50. The molecule has 1 heterocycles. The van der Waals surface area contributed by atoms with Crippen LogP contribution < -0.4 is 0 Å². The Morgan fingerprint density at radius 3 is 2.44 bits per heavy atom. The smallest absolute Gasteiger partial charge is 0.187 e. The Morgan fingerprint density at radius 2 is 1.72 bits per heavy atom. The summed E-state index contributed by atoms with van der Waals surface area (Å²) in [5, 5.41) is 8.61. The Labute approximate surface area is 98.8 Å². The van der Waals surface area contributed by atoms with Crippen molar-refractivity contribution in [1.29, 1.82) is 5.26 Å². The van der Waals surface area contributed by atoms with Crippen molar-refractivity contribution >= 4 is 21.9 Å². The first kappa shape index (κ1) is 10.7. The predicted molar refractivity (Wildman–Crippen MR) is 58.3 cm³/mol. The predicted octanol–water partition coefficient (Wildman–Crippen LogP) is 3.87. The van der Waals surface area contributed by atoms with E-state index in [4.69, 9.17) is 9.68 Å². The molecule has 1 aromatic heterocycles. The van der Waals surface area contributed by atoms with Gasteiger partial charge < -0.3 is 4.42 Å². The number of rotatable bonds is 0. The fraction of sp³-hybridized carbons (Fsp3) is 0. The van der Waals surface area contributed by atoms with Crippen molar-refractivity contribution in [2.24, 2.45) is 0 Å². The molecule has 2 nitrogen and oxygen atoms in total. The van der Waals surface area contributed by atoms with Gasteiger partial charge in [-0.25, -0.2) is 13.2 Å². The van der Waals surface area contributed by atoms with Crippen LogP contribution in [0.3, 0.4) is 0 Å². The highest BCUT2D eigenvalue weighted by atomic mass is 19.2. The van der Waals surface area contributed by atoms with Crippen molar-refractivity contribution in [2.45, 2.75) is 0 Å². The molecule has 0 radical (unpaired) electrons. The summed E-state index contributed by atoms with van der Waals surface area (Å²) >= 11 is 0. The molecule has 3 aromatic rings. The van der Waals surface area contributed by atoms with Gasteiger partial charge in [0.2, 0.25) is 0 Å². The van der Waals surface area contributed by atoms with Crippen LogP contribution >= 0.6 is 0 Å². The molecule has 0 saturated heterocycles. The van der Waals surface area contributed by atoms with E-state index in [0.29, 0.717) is 0 Å². The molecule has 3 rings (SSSR count). The number of furan rings is 1. The highest BCUT2D eigenvalue weighted by molar-refractivity contribution is 6.05. The lowest BCUT2D eigenvalue weighted by molar-refractivity contribution is 0.495. The maximum atomic E-state index is 13.8. The molecule has 0 aliphatic carbocycles. The van der Waals surface area contributed by atoms with Gasteiger partial charge >= 0.3 is 0 Å². The van der Waals surface area contributed by atoms with Crippen LogP contribution in [0.5, 0.6) is 0 Å². The molecule has 18 heavy (non-hydrogen) atoms. The van der Waals surface area contributed by atoms with Crippen molar-refractivity contribution in [3.05, 3.63) is 47.3 Å². The third-order valence-electron chi connectivity index (χ3n) is 2.76. The number of nitrogens with zero attached hydrogens (tertiary/aromatic N) is 1. The first-order valence-electron chi connectivity index (χ1n) is 5.03. The normalized spacial score (nSPS) is 11.0. The van der Waals surface area contributed by atoms with Gasteiger partial charge in [-0.2, -0.15) is 5.26 Å². The monoisotopic (exact) mass is 247 g/mol. The summed E-state index contributed by atoms with van der Waals surface area (Å²) in [7, 11) is 0. The molecule has 0 bridgehead atoms. The lowest BCUT2D eigenvalue weighted by Crippen LogP contribution is -1.96. The number of fused-ring (bicyclic) bond motifs is 3. The van der Waals surface area contributed by atoms with Crippen molar-refractivity contribution in [3.8, 4) is 6.07 Å². The molecule has 88 valence electrons. The maximum Gasteiger partial charge on any atom is 0.187 e. The van der Waals surface area contributed by atoms with E-state index >= 15 is 0 Å². The summed E-state index contributed by atoms with van der Waals surface area (Å²) in [4.78, 5) is 0. The zero-order chi connectivity index (χ0) is 12.9. The lowest BCUT2D eigenvalue weighted by atomic mass is 10.1. The van der Waals surface area contributed by atoms with Crippen LogP contribution in [0.4, 0.5) is 13.2 Å². The molecule has 0 saturated carbocycles. The molecule has 0 atom stereocenters. The van der Waals surface area contributed by atoms with Crippen LogP contribution in [0.1, 0.15) is 5.56 Å². The van der Waals surface area contributed by atoms with Crippen LogP contribution in [-0.2, 0) is 0 Å². The van der Waals surface area contributed by atoms with Gasteiger partial charge in [0.05, 0.1) is 5.39 Å². The molecule has 2 aromatic carbocycles. The van der Waals surface area contributed by atoms with Crippen LogP contribution in [0, 0.1) is 28.8 Å². The van der Waals surface area contributed by atoms with Crippen molar-refractivity contribution in [3.63, 3.8) is 0 Å².